The lowest BCUT2D eigenvalue weighted by Gasteiger charge is -2.08. The number of rotatable bonds is 5. The molecule has 1 aromatic heterocycles. The zero-order valence-electron chi connectivity index (χ0n) is 11.4. The predicted molar refractivity (Wildman–Crippen MR) is 80.2 cm³/mol. The minimum atomic E-state index is -1.04. The Balaban J connectivity index is 1.72. The second kappa shape index (κ2) is 5.81. The van der Waals surface area contributed by atoms with Crippen molar-refractivity contribution in [2.24, 2.45) is 0 Å². The number of benzene rings is 2. The van der Waals surface area contributed by atoms with E-state index in [4.69, 9.17) is 9.52 Å². The number of hydrogen-bond donors (Lipinski definition) is 2. The minimum absolute atomic E-state index is 0.000389. The van der Waals surface area contributed by atoms with Crippen LogP contribution in [0.25, 0.3) is 10.8 Å². The van der Waals surface area contributed by atoms with Gasteiger partial charge < -0.3 is 14.8 Å². The molecule has 106 valence electrons. The van der Waals surface area contributed by atoms with E-state index in [0.29, 0.717) is 18.7 Å². The summed E-state index contributed by atoms with van der Waals surface area (Å²) in [6.45, 7) is 1.13. The van der Waals surface area contributed by atoms with Gasteiger partial charge in [0.25, 0.3) is 0 Å². The van der Waals surface area contributed by atoms with Crippen LogP contribution < -0.4 is 5.32 Å². The van der Waals surface area contributed by atoms with Crippen LogP contribution in [0, 0.1) is 0 Å². The summed E-state index contributed by atoms with van der Waals surface area (Å²) in [5.74, 6) is -1.04. The largest absolute Gasteiger partial charge is 0.475 e. The molecule has 0 saturated carbocycles. The van der Waals surface area contributed by atoms with Crippen LogP contribution in [0.5, 0.6) is 0 Å². The molecule has 0 aliphatic heterocycles. The fraction of sp³-hybridized carbons (Fsp3) is 0.118. The first-order valence-electron chi connectivity index (χ1n) is 6.73. The number of nitrogens with one attached hydrogen (secondary N) is 1. The van der Waals surface area contributed by atoms with Crippen molar-refractivity contribution in [3.05, 3.63) is 71.7 Å². The Morgan fingerprint density at radius 3 is 2.62 bits per heavy atom. The van der Waals surface area contributed by atoms with Crippen LogP contribution in [0.2, 0.25) is 0 Å². The third kappa shape index (κ3) is 2.80. The highest BCUT2D eigenvalue weighted by Gasteiger charge is 2.13. The maximum atomic E-state index is 11.0. The van der Waals surface area contributed by atoms with Gasteiger partial charge in [0, 0.05) is 18.7 Å². The highest BCUT2D eigenvalue weighted by molar-refractivity contribution is 5.86. The van der Waals surface area contributed by atoms with Crippen molar-refractivity contribution in [3.8, 4) is 0 Å². The second-order valence-corrected chi connectivity index (χ2v) is 4.82. The molecule has 0 spiro atoms. The van der Waals surface area contributed by atoms with E-state index in [0.717, 1.165) is 0 Å². The smallest absolute Gasteiger partial charge is 0.372 e. The Hall–Kier alpha value is -2.59. The summed E-state index contributed by atoms with van der Waals surface area (Å²) in [7, 11) is 0. The number of carbonyl (C=O) groups is 1. The van der Waals surface area contributed by atoms with Crippen LogP contribution >= 0.6 is 0 Å². The Kier molecular flexibility index (Phi) is 3.71. The van der Waals surface area contributed by atoms with Crippen LogP contribution in [0.15, 0.2) is 59.2 Å². The van der Waals surface area contributed by atoms with E-state index < -0.39 is 5.97 Å². The molecule has 4 heteroatoms. The normalized spacial score (nSPS) is 10.9. The van der Waals surface area contributed by atoms with Gasteiger partial charge in [0.2, 0.25) is 5.76 Å². The summed E-state index contributed by atoms with van der Waals surface area (Å²) in [5.41, 5.74) is 1.84. The van der Waals surface area contributed by atoms with Crippen molar-refractivity contribution in [2.75, 3.05) is 0 Å². The van der Waals surface area contributed by atoms with Gasteiger partial charge in [-0.1, -0.05) is 42.5 Å². The van der Waals surface area contributed by atoms with Gasteiger partial charge in [-0.15, -0.1) is 0 Å². The Morgan fingerprint density at radius 1 is 1.00 bits per heavy atom. The molecule has 0 aliphatic rings. The number of fused-ring (bicyclic) bond motifs is 1. The van der Waals surface area contributed by atoms with E-state index in [9.17, 15) is 4.79 Å². The maximum Gasteiger partial charge on any atom is 0.372 e. The van der Waals surface area contributed by atoms with Crippen LogP contribution in [0.4, 0.5) is 0 Å². The predicted octanol–water partition coefficient (Wildman–Crippen LogP) is 3.42. The molecule has 1 heterocycles. The molecule has 0 amide bonds. The van der Waals surface area contributed by atoms with Gasteiger partial charge in [0.15, 0.2) is 0 Å². The quantitative estimate of drug-likeness (QED) is 0.752. The molecule has 0 atom stereocenters. The zero-order valence-corrected chi connectivity index (χ0v) is 11.4. The van der Waals surface area contributed by atoms with E-state index in [1.807, 2.05) is 18.2 Å². The zero-order chi connectivity index (χ0) is 14.7. The van der Waals surface area contributed by atoms with Gasteiger partial charge in [-0.05, 0) is 22.4 Å². The topological polar surface area (TPSA) is 62.5 Å². The average Bonchev–Trinajstić information content (AvgIpc) is 2.96. The van der Waals surface area contributed by atoms with Gasteiger partial charge >= 0.3 is 5.97 Å². The fourth-order valence-corrected chi connectivity index (χ4v) is 2.44. The SMILES string of the molecule is O=C(O)c1occc1CNCc1cccc2ccccc12. The molecule has 0 bridgehead atoms. The molecule has 0 unspecified atom stereocenters. The molecular weight excluding hydrogens is 266 g/mol. The van der Waals surface area contributed by atoms with E-state index >= 15 is 0 Å². The average molecular weight is 281 g/mol. The lowest BCUT2D eigenvalue weighted by molar-refractivity contribution is 0.0660. The van der Waals surface area contributed by atoms with Crippen molar-refractivity contribution < 1.29 is 14.3 Å². The Labute approximate surface area is 122 Å². The number of aromatic carboxylic acids is 1. The number of hydrogen-bond acceptors (Lipinski definition) is 3. The fourth-order valence-electron chi connectivity index (χ4n) is 2.44. The van der Waals surface area contributed by atoms with Crippen LogP contribution in [0.3, 0.4) is 0 Å². The summed E-state index contributed by atoms with van der Waals surface area (Å²) >= 11 is 0. The van der Waals surface area contributed by atoms with Crippen molar-refractivity contribution in [2.45, 2.75) is 13.1 Å². The van der Waals surface area contributed by atoms with Crippen molar-refractivity contribution in [3.63, 3.8) is 0 Å². The molecule has 2 N–H and O–H groups in total. The molecule has 0 fully saturated rings. The summed E-state index contributed by atoms with van der Waals surface area (Å²) in [6, 6.07) is 16.1. The monoisotopic (exact) mass is 281 g/mol. The van der Waals surface area contributed by atoms with Crippen LogP contribution in [-0.2, 0) is 13.1 Å². The molecule has 3 rings (SSSR count). The van der Waals surface area contributed by atoms with Gasteiger partial charge in [0.05, 0.1) is 6.26 Å². The molecule has 3 aromatic rings. The number of carboxylic acids is 1. The summed E-state index contributed by atoms with van der Waals surface area (Å²) in [6.07, 6.45) is 1.40. The van der Waals surface area contributed by atoms with Gasteiger partial charge in [-0.3, -0.25) is 0 Å². The third-order valence-electron chi connectivity index (χ3n) is 3.45. The lowest BCUT2D eigenvalue weighted by atomic mass is 10.0. The van der Waals surface area contributed by atoms with Crippen molar-refractivity contribution >= 4 is 16.7 Å². The molecule has 0 radical (unpaired) electrons. The maximum absolute atomic E-state index is 11.0. The molecule has 21 heavy (non-hydrogen) atoms. The van der Waals surface area contributed by atoms with E-state index in [1.165, 1.54) is 22.6 Å². The van der Waals surface area contributed by atoms with E-state index in [1.54, 1.807) is 6.07 Å². The standard InChI is InChI=1S/C17H15NO3/c19-17(20)16-14(8-9-21-16)11-18-10-13-6-3-5-12-4-1-2-7-15(12)13/h1-9,18H,10-11H2,(H,19,20). The summed E-state index contributed by atoms with van der Waals surface area (Å²) < 4.78 is 4.96. The van der Waals surface area contributed by atoms with Gasteiger partial charge in [-0.2, -0.15) is 0 Å². The molecule has 4 nitrogen and oxygen atoms in total. The first-order chi connectivity index (χ1) is 10.3. The molecule has 2 aromatic carbocycles. The van der Waals surface area contributed by atoms with Gasteiger partial charge in [-0.25, -0.2) is 4.79 Å². The highest BCUT2D eigenvalue weighted by Crippen LogP contribution is 2.18. The van der Waals surface area contributed by atoms with E-state index in [2.05, 4.69) is 29.6 Å². The van der Waals surface area contributed by atoms with Gasteiger partial charge in [0.1, 0.15) is 0 Å². The van der Waals surface area contributed by atoms with Crippen LogP contribution in [-0.4, -0.2) is 11.1 Å². The Morgan fingerprint density at radius 2 is 1.76 bits per heavy atom. The second-order valence-electron chi connectivity index (χ2n) is 4.82. The Bertz CT molecular complexity index is 771. The summed E-state index contributed by atoms with van der Waals surface area (Å²) in [4.78, 5) is 11.0. The van der Waals surface area contributed by atoms with E-state index in [-0.39, 0.29) is 5.76 Å². The number of carboxylic acid groups (broad SMARTS) is 1. The highest BCUT2D eigenvalue weighted by atomic mass is 16.4. The molecule has 0 saturated heterocycles. The molecule has 0 aliphatic carbocycles. The number of furan rings is 1. The van der Waals surface area contributed by atoms with Crippen molar-refractivity contribution in [1.82, 2.24) is 5.32 Å². The minimum Gasteiger partial charge on any atom is -0.475 e. The first kappa shape index (κ1) is 13.4. The van der Waals surface area contributed by atoms with Crippen LogP contribution in [0.1, 0.15) is 21.7 Å². The van der Waals surface area contributed by atoms with Crippen molar-refractivity contribution in [1.29, 1.82) is 0 Å². The molecular formula is C17H15NO3. The lowest BCUT2D eigenvalue weighted by Crippen LogP contribution is -2.14. The first-order valence-corrected chi connectivity index (χ1v) is 6.73. The third-order valence-corrected chi connectivity index (χ3v) is 3.45. The summed E-state index contributed by atoms with van der Waals surface area (Å²) in [5, 5.41) is 14.7.